The Labute approximate surface area is 92.1 Å². The van der Waals surface area contributed by atoms with Crippen molar-refractivity contribution in [3.8, 4) is 0 Å². The van der Waals surface area contributed by atoms with E-state index in [2.05, 4.69) is 0 Å². The van der Waals surface area contributed by atoms with Gasteiger partial charge in [-0.1, -0.05) is 6.07 Å². The second-order valence-corrected chi connectivity index (χ2v) is 3.62. The van der Waals surface area contributed by atoms with Crippen LogP contribution in [0.1, 0.15) is 12.0 Å². The molecule has 0 amide bonds. The first-order chi connectivity index (χ1) is 7.68. The van der Waals surface area contributed by atoms with Crippen LogP contribution in [-0.2, 0) is 15.3 Å². The maximum atomic E-state index is 13.1. The number of nitrogens with two attached hydrogens (primary N) is 1. The van der Waals surface area contributed by atoms with Crippen LogP contribution in [0.3, 0.4) is 0 Å². The Morgan fingerprint density at radius 3 is 2.44 bits per heavy atom. The van der Waals surface area contributed by atoms with E-state index in [1.807, 2.05) is 0 Å². The molecule has 1 saturated heterocycles. The van der Waals surface area contributed by atoms with Gasteiger partial charge in [-0.3, -0.25) is 0 Å². The quantitative estimate of drug-likeness (QED) is 0.854. The van der Waals surface area contributed by atoms with Crippen LogP contribution in [0.5, 0.6) is 0 Å². The molecule has 1 aliphatic heterocycles. The lowest BCUT2D eigenvalue weighted by Gasteiger charge is -2.27. The van der Waals surface area contributed by atoms with Crippen LogP contribution in [0.4, 0.5) is 8.78 Å². The van der Waals surface area contributed by atoms with Crippen molar-refractivity contribution in [3.63, 3.8) is 0 Å². The summed E-state index contributed by atoms with van der Waals surface area (Å²) in [7, 11) is 0. The van der Waals surface area contributed by atoms with Gasteiger partial charge in [-0.15, -0.1) is 0 Å². The molecule has 2 N–H and O–H groups in total. The largest absolute Gasteiger partial charge is 0.343 e. The molecule has 0 atom stereocenters. The fourth-order valence-corrected chi connectivity index (χ4v) is 1.83. The lowest BCUT2D eigenvalue weighted by atomic mass is 10.0. The summed E-state index contributed by atoms with van der Waals surface area (Å²) in [5.74, 6) is -2.80. The van der Waals surface area contributed by atoms with E-state index in [0.717, 1.165) is 12.1 Å². The lowest BCUT2D eigenvalue weighted by Crippen LogP contribution is -2.30. The summed E-state index contributed by atoms with van der Waals surface area (Å²) in [6, 6.07) is 3.61. The minimum atomic E-state index is -1.01. The average molecular weight is 229 g/mol. The Morgan fingerprint density at radius 2 is 1.88 bits per heavy atom. The number of ether oxygens (including phenoxy) is 2. The highest BCUT2D eigenvalue weighted by Gasteiger charge is 2.38. The van der Waals surface area contributed by atoms with Gasteiger partial charge in [0.15, 0.2) is 17.4 Å². The number of hydrogen-bond donors (Lipinski definition) is 1. The first-order valence-electron chi connectivity index (χ1n) is 5.11. The third-order valence-corrected chi connectivity index (χ3v) is 2.59. The fraction of sp³-hybridized carbons (Fsp3) is 0.455. The molecule has 0 unspecified atom stereocenters. The molecule has 0 radical (unpaired) electrons. The van der Waals surface area contributed by atoms with Crippen LogP contribution in [0.25, 0.3) is 0 Å². The van der Waals surface area contributed by atoms with Gasteiger partial charge in [0.2, 0.25) is 0 Å². The molecule has 0 spiro atoms. The number of halogens is 2. The molecule has 0 aliphatic carbocycles. The number of hydrogen-bond acceptors (Lipinski definition) is 3. The molecular formula is C11H13F2NO2. The van der Waals surface area contributed by atoms with Gasteiger partial charge >= 0.3 is 0 Å². The summed E-state index contributed by atoms with van der Waals surface area (Å²) in [5, 5.41) is 0. The van der Waals surface area contributed by atoms with Crippen molar-refractivity contribution in [2.75, 3.05) is 19.8 Å². The van der Waals surface area contributed by atoms with Gasteiger partial charge in [0.1, 0.15) is 0 Å². The van der Waals surface area contributed by atoms with Crippen LogP contribution in [0.2, 0.25) is 0 Å². The van der Waals surface area contributed by atoms with Crippen LogP contribution in [0, 0.1) is 11.6 Å². The van der Waals surface area contributed by atoms with Crippen molar-refractivity contribution in [1.82, 2.24) is 0 Å². The third kappa shape index (κ3) is 1.93. The van der Waals surface area contributed by atoms with E-state index < -0.39 is 17.4 Å². The van der Waals surface area contributed by atoms with Crippen molar-refractivity contribution in [2.45, 2.75) is 12.2 Å². The van der Waals surface area contributed by atoms with Crippen molar-refractivity contribution < 1.29 is 18.3 Å². The standard InChI is InChI=1S/C11H13F2NO2/c12-9-2-1-8(7-10(9)13)11(3-4-14)15-5-6-16-11/h1-2,7H,3-6,14H2. The van der Waals surface area contributed by atoms with Gasteiger partial charge in [0.25, 0.3) is 0 Å². The molecule has 1 fully saturated rings. The molecule has 0 aromatic heterocycles. The molecule has 1 aliphatic rings. The van der Waals surface area contributed by atoms with Crippen molar-refractivity contribution in [2.24, 2.45) is 5.73 Å². The summed E-state index contributed by atoms with van der Waals surface area (Å²) >= 11 is 0. The topological polar surface area (TPSA) is 44.5 Å². The summed E-state index contributed by atoms with van der Waals surface area (Å²) in [6.45, 7) is 1.21. The van der Waals surface area contributed by atoms with Gasteiger partial charge in [-0.05, 0) is 18.7 Å². The van der Waals surface area contributed by atoms with Gasteiger partial charge in [0, 0.05) is 12.0 Å². The van der Waals surface area contributed by atoms with Gasteiger partial charge in [-0.25, -0.2) is 8.78 Å². The van der Waals surface area contributed by atoms with Crippen molar-refractivity contribution in [1.29, 1.82) is 0 Å². The zero-order valence-electron chi connectivity index (χ0n) is 8.71. The smallest absolute Gasteiger partial charge is 0.196 e. The zero-order chi connectivity index (χ0) is 11.6. The Hall–Kier alpha value is -1.04. The van der Waals surface area contributed by atoms with E-state index in [0.29, 0.717) is 31.7 Å². The molecule has 5 heteroatoms. The van der Waals surface area contributed by atoms with Crippen LogP contribution < -0.4 is 5.73 Å². The molecule has 1 aromatic rings. The van der Waals surface area contributed by atoms with Crippen molar-refractivity contribution >= 4 is 0 Å². The minimum Gasteiger partial charge on any atom is -0.343 e. The van der Waals surface area contributed by atoms with Crippen molar-refractivity contribution in [3.05, 3.63) is 35.4 Å². The number of rotatable bonds is 3. The molecule has 16 heavy (non-hydrogen) atoms. The molecule has 2 rings (SSSR count). The van der Waals surface area contributed by atoms with Gasteiger partial charge < -0.3 is 15.2 Å². The predicted octanol–water partition coefficient (Wildman–Crippen LogP) is 1.51. The predicted molar refractivity (Wildman–Crippen MR) is 53.6 cm³/mol. The van der Waals surface area contributed by atoms with Crippen LogP contribution in [0.15, 0.2) is 18.2 Å². The van der Waals surface area contributed by atoms with Crippen LogP contribution in [-0.4, -0.2) is 19.8 Å². The van der Waals surface area contributed by atoms with E-state index >= 15 is 0 Å². The third-order valence-electron chi connectivity index (χ3n) is 2.59. The highest BCUT2D eigenvalue weighted by molar-refractivity contribution is 5.23. The van der Waals surface area contributed by atoms with E-state index in [4.69, 9.17) is 15.2 Å². The Balaban J connectivity index is 2.35. The van der Waals surface area contributed by atoms with Gasteiger partial charge in [0.05, 0.1) is 13.2 Å². The summed E-state index contributed by atoms with van der Waals surface area (Å²) in [5.41, 5.74) is 5.94. The second kappa shape index (κ2) is 4.45. The van der Waals surface area contributed by atoms with E-state index in [1.165, 1.54) is 6.07 Å². The molecule has 88 valence electrons. The Kier molecular flexibility index (Phi) is 3.18. The maximum absolute atomic E-state index is 13.1. The minimum absolute atomic E-state index is 0.346. The highest BCUT2D eigenvalue weighted by Crippen LogP contribution is 2.34. The second-order valence-electron chi connectivity index (χ2n) is 3.62. The molecule has 0 saturated carbocycles. The Morgan fingerprint density at radius 1 is 1.19 bits per heavy atom. The van der Waals surface area contributed by atoms with Crippen LogP contribution >= 0.6 is 0 Å². The summed E-state index contributed by atoms with van der Waals surface area (Å²) in [6.07, 6.45) is 0.415. The van der Waals surface area contributed by atoms with E-state index in [1.54, 1.807) is 0 Å². The summed E-state index contributed by atoms with van der Waals surface area (Å²) < 4.78 is 36.9. The molecule has 1 heterocycles. The Bertz CT molecular complexity index is 378. The van der Waals surface area contributed by atoms with Gasteiger partial charge in [-0.2, -0.15) is 0 Å². The first-order valence-corrected chi connectivity index (χ1v) is 5.11. The molecular weight excluding hydrogens is 216 g/mol. The monoisotopic (exact) mass is 229 g/mol. The average Bonchev–Trinajstić information content (AvgIpc) is 2.72. The fourth-order valence-electron chi connectivity index (χ4n) is 1.83. The number of benzene rings is 1. The van der Waals surface area contributed by atoms with E-state index in [9.17, 15) is 8.78 Å². The SMILES string of the molecule is NCCC1(c2ccc(F)c(F)c2)OCCO1. The lowest BCUT2D eigenvalue weighted by molar-refractivity contribution is -0.169. The molecule has 0 bridgehead atoms. The summed E-state index contributed by atoms with van der Waals surface area (Å²) in [4.78, 5) is 0. The zero-order valence-corrected chi connectivity index (χ0v) is 8.71. The van der Waals surface area contributed by atoms with E-state index in [-0.39, 0.29) is 0 Å². The maximum Gasteiger partial charge on any atom is 0.196 e. The highest BCUT2D eigenvalue weighted by atomic mass is 19.2. The molecule has 1 aromatic carbocycles. The normalized spacial score (nSPS) is 18.9. The molecule has 3 nitrogen and oxygen atoms in total. The first kappa shape index (κ1) is 11.4.